The van der Waals surface area contributed by atoms with E-state index in [0.29, 0.717) is 0 Å². The van der Waals surface area contributed by atoms with E-state index in [1.54, 1.807) is 11.3 Å². The van der Waals surface area contributed by atoms with Crippen molar-refractivity contribution in [3.05, 3.63) is 46.4 Å². The largest absolute Gasteiger partial charge is 0.396 e. The summed E-state index contributed by atoms with van der Waals surface area (Å²) in [5.41, 5.74) is 2.36. The Morgan fingerprint density at radius 2 is 2.29 bits per heavy atom. The maximum Gasteiger partial charge on any atom is 0.112 e. The lowest BCUT2D eigenvalue weighted by molar-refractivity contribution is 0.288. The fraction of sp³-hybridized carbons (Fsp3) is 0.308. The number of hydrogen-bond donors (Lipinski definition) is 2. The van der Waals surface area contributed by atoms with E-state index in [4.69, 9.17) is 5.11 Å². The number of hydrogen-bond acceptors (Lipinski definition) is 4. The predicted octanol–water partition coefficient (Wildman–Crippen LogP) is 2.68. The predicted molar refractivity (Wildman–Crippen MR) is 71.3 cm³/mol. The standard InChI is InChI=1S/C13H16N2OS/c16-7-2-4-11-3-1-5-12(9-11)15-10-13-14-6-8-17-13/h1,3,5-6,8-9,15-16H,2,4,7,10H2. The van der Waals surface area contributed by atoms with Crippen molar-refractivity contribution >= 4 is 17.0 Å². The highest BCUT2D eigenvalue weighted by Gasteiger charge is 1.98. The van der Waals surface area contributed by atoms with E-state index >= 15 is 0 Å². The van der Waals surface area contributed by atoms with Crippen LogP contribution in [0.5, 0.6) is 0 Å². The highest BCUT2D eigenvalue weighted by Crippen LogP contribution is 2.14. The summed E-state index contributed by atoms with van der Waals surface area (Å²) in [6.07, 6.45) is 3.55. The first-order valence-electron chi connectivity index (χ1n) is 5.70. The van der Waals surface area contributed by atoms with Crippen molar-refractivity contribution in [3.8, 4) is 0 Å². The summed E-state index contributed by atoms with van der Waals surface area (Å²) in [7, 11) is 0. The van der Waals surface area contributed by atoms with Crippen molar-refractivity contribution in [1.29, 1.82) is 0 Å². The number of nitrogens with zero attached hydrogens (tertiary/aromatic N) is 1. The molecule has 0 amide bonds. The normalized spacial score (nSPS) is 10.4. The van der Waals surface area contributed by atoms with Crippen LogP contribution >= 0.6 is 11.3 Å². The minimum absolute atomic E-state index is 0.247. The second kappa shape index (κ2) is 6.37. The Hall–Kier alpha value is -1.39. The fourth-order valence-corrected chi connectivity index (χ4v) is 2.19. The van der Waals surface area contributed by atoms with Crippen LogP contribution in [0.1, 0.15) is 17.0 Å². The molecule has 0 aliphatic carbocycles. The van der Waals surface area contributed by atoms with Crippen LogP contribution in [-0.2, 0) is 13.0 Å². The molecule has 0 radical (unpaired) electrons. The smallest absolute Gasteiger partial charge is 0.112 e. The van der Waals surface area contributed by atoms with E-state index in [0.717, 1.165) is 30.1 Å². The van der Waals surface area contributed by atoms with Gasteiger partial charge in [0.15, 0.2) is 0 Å². The van der Waals surface area contributed by atoms with Gasteiger partial charge in [0.2, 0.25) is 0 Å². The van der Waals surface area contributed by atoms with Gasteiger partial charge in [-0.25, -0.2) is 4.98 Å². The summed E-state index contributed by atoms with van der Waals surface area (Å²) in [6, 6.07) is 8.31. The summed E-state index contributed by atoms with van der Waals surface area (Å²) < 4.78 is 0. The number of benzene rings is 1. The highest BCUT2D eigenvalue weighted by atomic mass is 32.1. The number of aromatic nitrogens is 1. The topological polar surface area (TPSA) is 45.1 Å². The molecule has 17 heavy (non-hydrogen) atoms. The van der Waals surface area contributed by atoms with E-state index in [9.17, 15) is 0 Å². The lowest BCUT2D eigenvalue weighted by Crippen LogP contribution is -1.99. The second-order valence-electron chi connectivity index (χ2n) is 3.81. The highest BCUT2D eigenvalue weighted by molar-refractivity contribution is 7.09. The third-order valence-electron chi connectivity index (χ3n) is 2.48. The molecule has 0 unspecified atom stereocenters. The van der Waals surface area contributed by atoms with Crippen molar-refractivity contribution in [3.63, 3.8) is 0 Å². The van der Waals surface area contributed by atoms with Gasteiger partial charge in [-0.2, -0.15) is 0 Å². The maximum absolute atomic E-state index is 8.80. The van der Waals surface area contributed by atoms with Crippen LogP contribution in [0, 0.1) is 0 Å². The van der Waals surface area contributed by atoms with Gasteiger partial charge in [0.05, 0.1) is 6.54 Å². The van der Waals surface area contributed by atoms with Crippen LogP contribution in [0.15, 0.2) is 35.8 Å². The van der Waals surface area contributed by atoms with Gasteiger partial charge in [-0.15, -0.1) is 11.3 Å². The molecule has 90 valence electrons. The molecule has 1 aromatic carbocycles. The first-order chi connectivity index (χ1) is 8.38. The SMILES string of the molecule is OCCCc1cccc(NCc2nccs2)c1. The fourth-order valence-electron chi connectivity index (χ4n) is 1.64. The van der Waals surface area contributed by atoms with Crippen LogP contribution in [0.4, 0.5) is 5.69 Å². The minimum Gasteiger partial charge on any atom is -0.396 e. The summed E-state index contributed by atoms with van der Waals surface area (Å²) in [6.45, 7) is 1.01. The van der Waals surface area contributed by atoms with Crippen molar-refractivity contribution in [2.75, 3.05) is 11.9 Å². The van der Waals surface area contributed by atoms with Gasteiger partial charge in [0.25, 0.3) is 0 Å². The Balaban J connectivity index is 1.91. The van der Waals surface area contributed by atoms with E-state index < -0.39 is 0 Å². The molecular weight excluding hydrogens is 232 g/mol. The van der Waals surface area contributed by atoms with Crippen molar-refractivity contribution < 1.29 is 5.11 Å². The number of anilines is 1. The van der Waals surface area contributed by atoms with Gasteiger partial charge in [-0.3, -0.25) is 0 Å². The van der Waals surface area contributed by atoms with Crippen LogP contribution in [0.25, 0.3) is 0 Å². The van der Waals surface area contributed by atoms with Crippen LogP contribution in [-0.4, -0.2) is 16.7 Å². The number of aliphatic hydroxyl groups excluding tert-OH is 1. The summed E-state index contributed by atoms with van der Waals surface area (Å²) in [5.74, 6) is 0. The van der Waals surface area contributed by atoms with E-state index in [1.165, 1.54) is 5.56 Å². The van der Waals surface area contributed by atoms with Crippen LogP contribution in [0.3, 0.4) is 0 Å². The van der Waals surface area contributed by atoms with Gasteiger partial charge >= 0.3 is 0 Å². The molecule has 2 aromatic rings. The number of aliphatic hydroxyl groups is 1. The minimum atomic E-state index is 0.247. The molecule has 0 bridgehead atoms. The first-order valence-corrected chi connectivity index (χ1v) is 6.58. The lowest BCUT2D eigenvalue weighted by atomic mass is 10.1. The zero-order valence-corrected chi connectivity index (χ0v) is 10.4. The summed E-state index contributed by atoms with van der Waals surface area (Å²) in [4.78, 5) is 4.23. The van der Waals surface area contributed by atoms with Crippen molar-refractivity contribution in [2.24, 2.45) is 0 Å². The van der Waals surface area contributed by atoms with Gasteiger partial charge in [0.1, 0.15) is 5.01 Å². The average molecular weight is 248 g/mol. The molecule has 0 aliphatic rings. The molecule has 0 saturated heterocycles. The number of aryl methyl sites for hydroxylation is 1. The first kappa shape index (κ1) is 12.1. The Morgan fingerprint density at radius 1 is 1.35 bits per heavy atom. The quantitative estimate of drug-likeness (QED) is 0.826. The van der Waals surface area contributed by atoms with Crippen LogP contribution in [0.2, 0.25) is 0 Å². The molecule has 1 heterocycles. The molecule has 0 spiro atoms. The van der Waals surface area contributed by atoms with Gasteiger partial charge in [0, 0.05) is 23.9 Å². The maximum atomic E-state index is 8.80. The average Bonchev–Trinajstić information content (AvgIpc) is 2.87. The Morgan fingerprint density at radius 3 is 3.06 bits per heavy atom. The lowest BCUT2D eigenvalue weighted by Gasteiger charge is -2.06. The zero-order valence-electron chi connectivity index (χ0n) is 9.60. The van der Waals surface area contributed by atoms with E-state index in [2.05, 4.69) is 28.5 Å². The number of nitrogens with one attached hydrogen (secondary N) is 1. The molecular formula is C13H16N2OS. The molecule has 1 aromatic heterocycles. The third-order valence-corrected chi connectivity index (χ3v) is 3.26. The molecule has 2 rings (SSSR count). The molecule has 3 nitrogen and oxygen atoms in total. The van der Waals surface area contributed by atoms with Gasteiger partial charge in [-0.1, -0.05) is 12.1 Å². The molecule has 0 fully saturated rings. The number of rotatable bonds is 6. The zero-order chi connectivity index (χ0) is 11.9. The molecule has 0 atom stereocenters. The second-order valence-corrected chi connectivity index (χ2v) is 4.79. The van der Waals surface area contributed by atoms with E-state index in [1.807, 2.05) is 17.6 Å². The molecule has 2 N–H and O–H groups in total. The summed E-state index contributed by atoms with van der Waals surface area (Å²) in [5, 5.41) is 15.2. The van der Waals surface area contributed by atoms with Crippen LogP contribution < -0.4 is 5.32 Å². The molecule has 4 heteroatoms. The Kier molecular flexibility index (Phi) is 4.53. The monoisotopic (exact) mass is 248 g/mol. The third kappa shape index (κ3) is 3.84. The summed E-state index contributed by atoms with van der Waals surface area (Å²) >= 11 is 1.65. The van der Waals surface area contributed by atoms with Crippen molar-refractivity contribution in [2.45, 2.75) is 19.4 Å². The van der Waals surface area contributed by atoms with Gasteiger partial charge < -0.3 is 10.4 Å². The molecule has 0 aliphatic heterocycles. The number of thiazole rings is 1. The van der Waals surface area contributed by atoms with Crippen molar-refractivity contribution in [1.82, 2.24) is 4.98 Å². The Labute approximate surface area is 105 Å². The van der Waals surface area contributed by atoms with Gasteiger partial charge in [-0.05, 0) is 30.5 Å². The van der Waals surface area contributed by atoms with E-state index in [-0.39, 0.29) is 6.61 Å². The molecule has 0 saturated carbocycles. The Bertz CT molecular complexity index is 442.